The number of rotatable bonds is 9. The summed E-state index contributed by atoms with van der Waals surface area (Å²) in [6, 6.07) is 18.1. The number of halogens is 1. The molecule has 0 saturated heterocycles. The highest BCUT2D eigenvalue weighted by Crippen LogP contribution is 2.17. The predicted octanol–water partition coefficient (Wildman–Crippen LogP) is 4.69. The number of esters is 1. The average Bonchev–Trinajstić information content (AvgIpc) is 2.64. The zero-order valence-corrected chi connectivity index (χ0v) is 17.9. The highest BCUT2D eigenvalue weighted by molar-refractivity contribution is 6.18. The van der Waals surface area contributed by atoms with Gasteiger partial charge in [-0.25, -0.2) is 0 Å². The molecule has 0 aliphatic carbocycles. The molecule has 0 fully saturated rings. The van der Waals surface area contributed by atoms with Crippen LogP contribution in [0.15, 0.2) is 54.6 Å². The second kappa shape index (κ2) is 10.5. The summed E-state index contributed by atoms with van der Waals surface area (Å²) in [6.45, 7) is 6.36. The van der Waals surface area contributed by atoms with Crippen LogP contribution in [0.5, 0.6) is 5.75 Å². The van der Waals surface area contributed by atoms with Crippen molar-refractivity contribution in [2.24, 2.45) is 0 Å². The predicted molar refractivity (Wildman–Crippen MR) is 114 cm³/mol. The minimum absolute atomic E-state index is 0.0465. The van der Waals surface area contributed by atoms with Gasteiger partial charge in [0.25, 0.3) is 0 Å². The molecule has 0 aliphatic heterocycles. The molecular weight excluding hydrogens is 374 g/mol. The molecule has 0 saturated carbocycles. The Labute approximate surface area is 173 Å². The van der Waals surface area contributed by atoms with E-state index < -0.39 is 5.60 Å². The fourth-order valence-corrected chi connectivity index (χ4v) is 3.11. The van der Waals surface area contributed by atoms with Gasteiger partial charge in [0.05, 0.1) is 6.54 Å². The summed E-state index contributed by atoms with van der Waals surface area (Å²) in [6.07, 6.45) is 0.752. The molecule has 0 N–H and O–H groups in total. The lowest BCUT2D eigenvalue weighted by Crippen LogP contribution is -2.40. The van der Waals surface area contributed by atoms with E-state index in [1.807, 2.05) is 87.3 Å². The lowest BCUT2D eigenvalue weighted by atomic mass is 10.1. The second-order valence-corrected chi connectivity index (χ2v) is 8.24. The smallest absolute Gasteiger partial charge is 0.320 e. The molecule has 2 aromatic rings. The number of hydrogen-bond acceptors (Lipinski definition) is 4. The van der Waals surface area contributed by atoms with Gasteiger partial charge in [0.15, 0.2) is 0 Å². The van der Waals surface area contributed by atoms with Crippen LogP contribution in [-0.2, 0) is 22.6 Å². The van der Waals surface area contributed by atoms with E-state index in [1.54, 1.807) is 0 Å². The van der Waals surface area contributed by atoms with Gasteiger partial charge in [-0.05, 0) is 57.5 Å². The molecule has 2 aromatic carbocycles. The van der Waals surface area contributed by atoms with Crippen LogP contribution in [0.3, 0.4) is 0 Å². The average molecular weight is 404 g/mol. The Morgan fingerprint density at radius 3 is 2.25 bits per heavy atom. The van der Waals surface area contributed by atoms with E-state index in [2.05, 4.69) is 0 Å². The Bertz CT molecular complexity index is 726. The lowest BCUT2D eigenvalue weighted by molar-refractivity contribution is -0.156. The number of benzene rings is 2. The number of carbonyl (C=O) groups excluding carboxylic acids is 1. The first kappa shape index (κ1) is 22.3. The quantitative estimate of drug-likeness (QED) is 0.449. The van der Waals surface area contributed by atoms with E-state index >= 15 is 0 Å². The molecule has 2 rings (SSSR count). The first-order valence-corrected chi connectivity index (χ1v) is 10.0. The van der Waals surface area contributed by atoms with Crippen molar-refractivity contribution in [1.82, 2.24) is 4.90 Å². The summed E-state index contributed by atoms with van der Waals surface area (Å²) in [5, 5.41) is 0. The standard InChI is InChI=1S/C23H30ClNO3/c1-23(2,3)28-22(26)16-25(4)20(15-24)14-18-10-12-21(13-11-18)27-17-19-8-6-5-7-9-19/h5-13,20H,14-17H2,1-4H3/t20-/m0/s1. The SMILES string of the molecule is CN(CC(=O)OC(C)(C)C)[C@H](CCl)Cc1ccc(OCc2ccccc2)cc1. The van der Waals surface area contributed by atoms with Gasteiger partial charge in [-0.3, -0.25) is 9.69 Å². The van der Waals surface area contributed by atoms with Crippen molar-refractivity contribution >= 4 is 17.6 Å². The minimum atomic E-state index is -0.482. The summed E-state index contributed by atoms with van der Waals surface area (Å²) in [7, 11) is 1.90. The zero-order valence-electron chi connectivity index (χ0n) is 17.2. The Morgan fingerprint density at radius 1 is 1.04 bits per heavy atom. The maximum absolute atomic E-state index is 12.1. The van der Waals surface area contributed by atoms with Crippen LogP contribution < -0.4 is 4.74 Å². The molecule has 0 unspecified atom stereocenters. The van der Waals surface area contributed by atoms with Crippen LogP contribution in [0.2, 0.25) is 0 Å². The van der Waals surface area contributed by atoms with Crippen LogP contribution in [0.25, 0.3) is 0 Å². The van der Waals surface area contributed by atoms with Crippen molar-refractivity contribution in [2.45, 2.75) is 45.4 Å². The van der Waals surface area contributed by atoms with Crippen molar-refractivity contribution in [3.63, 3.8) is 0 Å². The van der Waals surface area contributed by atoms with E-state index in [1.165, 1.54) is 0 Å². The fraction of sp³-hybridized carbons (Fsp3) is 0.435. The van der Waals surface area contributed by atoms with Gasteiger partial charge in [0.2, 0.25) is 0 Å². The molecule has 28 heavy (non-hydrogen) atoms. The van der Waals surface area contributed by atoms with Gasteiger partial charge < -0.3 is 9.47 Å². The van der Waals surface area contributed by atoms with Gasteiger partial charge in [-0.1, -0.05) is 42.5 Å². The molecule has 0 bridgehead atoms. The maximum Gasteiger partial charge on any atom is 0.320 e. The van der Waals surface area contributed by atoms with Gasteiger partial charge in [-0.2, -0.15) is 0 Å². The van der Waals surface area contributed by atoms with E-state index in [-0.39, 0.29) is 18.6 Å². The molecule has 152 valence electrons. The zero-order chi connectivity index (χ0) is 20.6. The van der Waals surface area contributed by atoms with Crippen molar-refractivity contribution in [3.8, 4) is 5.75 Å². The Morgan fingerprint density at radius 2 is 1.68 bits per heavy atom. The Balaban J connectivity index is 1.87. The fourth-order valence-electron chi connectivity index (χ4n) is 2.77. The van der Waals surface area contributed by atoms with Crippen molar-refractivity contribution < 1.29 is 14.3 Å². The summed E-state index contributed by atoms with van der Waals surface area (Å²) in [5.41, 5.74) is 1.80. The van der Waals surface area contributed by atoms with Crippen molar-refractivity contribution in [1.29, 1.82) is 0 Å². The number of likely N-dealkylation sites (N-methyl/N-ethyl adjacent to an activating group) is 1. The highest BCUT2D eigenvalue weighted by atomic mass is 35.5. The molecule has 1 atom stereocenters. The second-order valence-electron chi connectivity index (χ2n) is 7.93. The molecule has 4 nitrogen and oxygen atoms in total. The van der Waals surface area contributed by atoms with Gasteiger partial charge in [-0.15, -0.1) is 11.6 Å². The Hall–Kier alpha value is -2.04. The topological polar surface area (TPSA) is 38.8 Å². The van der Waals surface area contributed by atoms with Gasteiger partial charge >= 0.3 is 5.97 Å². The number of ether oxygens (including phenoxy) is 2. The number of nitrogens with zero attached hydrogens (tertiary/aromatic N) is 1. The van der Waals surface area contributed by atoms with E-state index in [0.717, 1.165) is 23.3 Å². The van der Waals surface area contributed by atoms with Gasteiger partial charge in [0, 0.05) is 11.9 Å². The monoisotopic (exact) mass is 403 g/mol. The van der Waals surface area contributed by atoms with Crippen LogP contribution in [0.4, 0.5) is 0 Å². The molecule has 0 aromatic heterocycles. The first-order valence-electron chi connectivity index (χ1n) is 9.50. The van der Waals surface area contributed by atoms with Crippen LogP contribution >= 0.6 is 11.6 Å². The van der Waals surface area contributed by atoms with Crippen molar-refractivity contribution in [2.75, 3.05) is 19.5 Å². The summed E-state index contributed by atoms with van der Waals surface area (Å²) < 4.78 is 11.2. The summed E-state index contributed by atoms with van der Waals surface area (Å²) in [4.78, 5) is 14.0. The molecule has 0 radical (unpaired) electrons. The van der Waals surface area contributed by atoms with Crippen LogP contribution in [0.1, 0.15) is 31.9 Å². The third-order valence-corrected chi connectivity index (χ3v) is 4.60. The third-order valence-electron chi connectivity index (χ3n) is 4.24. The minimum Gasteiger partial charge on any atom is -0.489 e. The first-order chi connectivity index (χ1) is 13.3. The van der Waals surface area contributed by atoms with E-state index in [9.17, 15) is 4.79 Å². The Kier molecular flexibility index (Phi) is 8.34. The van der Waals surface area contributed by atoms with E-state index in [0.29, 0.717) is 12.5 Å². The number of hydrogen-bond donors (Lipinski definition) is 0. The largest absolute Gasteiger partial charge is 0.489 e. The molecule has 0 heterocycles. The third kappa shape index (κ3) is 7.91. The van der Waals surface area contributed by atoms with Crippen LogP contribution in [-0.4, -0.2) is 42.0 Å². The summed E-state index contributed by atoms with van der Waals surface area (Å²) in [5.74, 6) is 1.03. The normalized spacial score (nSPS) is 12.6. The van der Waals surface area contributed by atoms with E-state index in [4.69, 9.17) is 21.1 Å². The molecule has 0 amide bonds. The molecule has 0 spiro atoms. The number of alkyl halides is 1. The highest BCUT2D eigenvalue weighted by Gasteiger charge is 2.21. The van der Waals surface area contributed by atoms with Gasteiger partial charge in [0.1, 0.15) is 18.0 Å². The summed E-state index contributed by atoms with van der Waals surface area (Å²) >= 11 is 6.16. The maximum atomic E-state index is 12.1. The molecule has 0 aliphatic rings. The van der Waals surface area contributed by atoms with Crippen LogP contribution in [0, 0.1) is 0 Å². The molecular formula is C23H30ClNO3. The number of carbonyl (C=O) groups is 1. The lowest BCUT2D eigenvalue weighted by Gasteiger charge is -2.27. The van der Waals surface area contributed by atoms with Crippen molar-refractivity contribution in [3.05, 3.63) is 65.7 Å². The molecule has 5 heteroatoms.